The van der Waals surface area contributed by atoms with Gasteiger partial charge in [-0.05, 0) is 65.1 Å². The Kier molecular flexibility index (Phi) is 8.14. The first-order valence-electron chi connectivity index (χ1n) is 12.7. The molecule has 3 aromatic rings. The topological polar surface area (TPSA) is 110 Å². The molecule has 1 fully saturated rings. The molecule has 0 aromatic carbocycles. The molecule has 3 aromatic heterocycles. The number of aromatic nitrogens is 5. The quantitative estimate of drug-likeness (QED) is 0.360. The first-order valence-corrected chi connectivity index (χ1v) is 13.6. The molecule has 4 rings (SSSR count). The number of nitrogens with zero attached hydrogens (tertiary/aromatic N) is 6. The Hall–Kier alpha value is -3.26. The summed E-state index contributed by atoms with van der Waals surface area (Å²) in [5, 5.41) is 18.4. The third-order valence-electron chi connectivity index (χ3n) is 6.95. The third-order valence-corrected chi connectivity index (χ3v) is 7.86. The second-order valence-electron chi connectivity index (χ2n) is 11.3. The number of carbonyl (C=O) groups excluding carboxylic acids is 1. The number of anilines is 1. The van der Waals surface area contributed by atoms with E-state index < -0.39 is 23.7 Å². The van der Waals surface area contributed by atoms with Crippen molar-refractivity contribution in [2.75, 3.05) is 24.7 Å². The second kappa shape index (κ2) is 11.0. The van der Waals surface area contributed by atoms with Gasteiger partial charge in [-0.15, -0.1) is 5.10 Å². The van der Waals surface area contributed by atoms with Crippen molar-refractivity contribution in [3.8, 4) is 11.7 Å². The van der Waals surface area contributed by atoms with Crippen molar-refractivity contribution in [1.29, 1.82) is 0 Å². The fourth-order valence-corrected chi connectivity index (χ4v) is 5.22. The Balaban J connectivity index is 1.62. The van der Waals surface area contributed by atoms with Crippen LogP contribution in [0.2, 0.25) is 0 Å². The molecule has 0 saturated carbocycles. The van der Waals surface area contributed by atoms with Gasteiger partial charge in [-0.2, -0.15) is 18.3 Å². The largest absolute Gasteiger partial charge is 0.476 e. The van der Waals surface area contributed by atoms with Crippen LogP contribution in [0.15, 0.2) is 35.5 Å². The molecule has 218 valence electrons. The molecule has 4 heterocycles. The summed E-state index contributed by atoms with van der Waals surface area (Å²) in [5.74, 6) is 0.439. The van der Waals surface area contributed by atoms with E-state index in [2.05, 4.69) is 14.9 Å². The van der Waals surface area contributed by atoms with Crippen molar-refractivity contribution in [3.05, 3.63) is 41.9 Å². The Morgan fingerprint density at radius 3 is 2.58 bits per heavy atom. The number of aliphatic hydroxyl groups excluding tert-OH is 1. The Morgan fingerprint density at radius 2 is 1.98 bits per heavy atom. The molecule has 0 bridgehead atoms. The van der Waals surface area contributed by atoms with E-state index in [1.54, 1.807) is 23.9 Å². The number of rotatable bonds is 9. The van der Waals surface area contributed by atoms with E-state index in [1.807, 2.05) is 31.9 Å². The number of alkyl halides is 3. The summed E-state index contributed by atoms with van der Waals surface area (Å²) in [7, 11) is 1.80. The maximum absolute atomic E-state index is 13.4. The highest BCUT2D eigenvalue weighted by atomic mass is 32.2. The maximum atomic E-state index is 13.4. The minimum Gasteiger partial charge on any atom is -0.476 e. The number of hydrogen-bond acceptors (Lipinski definition) is 8. The SMILES string of the molecule is Cc1nn(C)cc1SNC(=O)c1ccc(-n2ccc(OCC(C)(C)C(F)(F)F)n2)nc1N1CC(CO)CC1(C)C. The van der Waals surface area contributed by atoms with Gasteiger partial charge in [0.15, 0.2) is 5.82 Å². The molecule has 1 aliphatic heterocycles. The highest BCUT2D eigenvalue weighted by molar-refractivity contribution is 7.98. The first-order chi connectivity index (χ1) is 18.6. The molecular weight excluding hydrogens is 547 g/mol. The standard InChI is InChI=1S/C26H34F3N7O3S/c1-16-19(13-34(6)31-16)40-33-23(38)18-7-8-20(30-22(18)35-12-17(14-37)11-25(35,4)5)36-10-9-21(32-36)39-15-24(2,3)26(27,28)29/h7-10,13,17,37H,11-12,14-15H2,1-6H3,(H,33,38). The van der Waals surface area contributed by atoms with Crippen molar-refractivity contribution in [2.24, 2.45) is 18.4 Å². The molecule has 1 atom stereocenters. The van der Waals surface area contributed by atoms with Gasteiger partial charge in [-0.1, -0.05) is 0 Å². The zero-order chi connectivity index (χ0) is 29.5. The van der Waals surface area contributed by atoms with E-state index in [1.165, 1.54) is 16.9 Å². The van der Waals surface area contributed by atoms with Crippen LogP contribution in [0.4, 0.5) is 19.0 Å². The highest BCUT2D eigenvalue weighted by Crippen LogP contribution is 2.39. The van der Waals surface area contributed by atoms with Crippen molar-refractivity contribution < 1.29 is 27.8 Å². The number of carbonyl (C=O) groups is 1. The molecule has 14 heteroatoms. The monoisotopic (exact) mass is 581 g/mol. The fraction of sp³-hybridized carbons (Fsp3) is 0.538. The predicted molar refractivity (Wildman–Crippen MR) is 145 cm³/mol. The van der Waals surface area contributed by atoms with Gasteiger partial charge in [0.25, 0.3) is 5.91 Å². The van der Waals surface area contributed by atoms with Gasteiger partial charge >= 0.3 is 6.18 Å². The first kappa shape index (κ1) is 29.7. The van der Waals surface area contributed by atoms with Crippen molar-refractivity contribution in [3.63, 3.8) is 0 Å². The number of pyridine rings is 1. The van der Waals surface area contributed by atoms with E-state index in [4.69, 9.17) is 9.72 Å². The fourth-order valence-electron chi connectivity index (χ4n) is 4.51. The highest BCUT2D eigenvalue weighted by Gasteiger charge is 2.48. The predicted octanol–water partition coefficient (Wildman–Crippen LogP) is 4.31. The lowest BCUT2D eigenvalue weighted by molar-refractivity contribution is -0.219. The Morgan fingerprint density at radius 1 is 1.25 bits per heavy atom. The summed E-state index contributed by atoms with van der Waals surface area (Å²) in [6, 6.07) is 4.71. The van der Waals surface area contributed by atoms with Gasteiger partial charge in [-0.25, -0.2) is 9.67 Å². The van der Waals surface area contributed by atoms with E-state index in [9.17, 15) is 23.1 Å². The van der Waals surface area contributed by atoms with Crippen LogP contribution >= 0.6 is 11.9 Å². The molecule has 0 radical (unpaired) electrons. The number of halogens is 3. The van der Waals surface area contributed by atoms with Crippen LogP contribution in [0, 0.1) is 18.3 Å². The van der Waals surface area contributed by atoms with Crippen LogP contribution in [0.3, 0.4) is 0 Å². The molecule has 2 N–H and O–H groups in total. The molecule has 10 nitrogen and oxygen atoms in total. The molecule has 1 amide bonds. The maximum Gasteiger partial charge on any atom is 0.397 e. The molecule has 1 saturated heterocycles. The Labute approximate surface area is 235 Å². The smallest absolute Gasteiger partial charge is 0.397 e. The summed E-state index contributed by atoms with van der Waals surface area (Å²) in [4.78, 5) is 21.0. The van der Waals surface area contributed by atoms with Crippen LogP contribution in [-0.2, 0) is 7.05 Å². The number of ether oxygens (including phenoxy) is 1. The molecule has 0 aliphatic carbocycles. The molecule has 40 heavy (non-hydrogen) atoms. The number of aliphatic hydroxyl groups is 1. The number of aryl methyl sites for hydroxylation is 2. The van der Waals surface area contributed by atoms with Gasteiger partial charge in [0, 0.05) is 50.1 Å². The lowest BCUT2D eigenvalue weighted by Gasteiger charge is -2.33. The van der Waals surface area contributed by atoms with E-state index in [0.717, 1.165) is 36.4 Å². The van der Waals surface area contributed by atoms with Crippen LogP contribution in [0.25, 0.3) is 5.82 Å². The number of hydrogen-bond donors (Lipinski definition) is 2. The molecule has 0 spiro atoms. The third kappa shape index (κ3) is 6.22. The lowest BCUT2D eigenvalue weighted by atomic mass is 9.94. The van der Waals surface area contributed by atoms with Crippen LogP contribution in [0.5, 0.6) is 5.88 Å². The van der Waals surface area contributed by atoms with E-state index >= 15 is 0 Å². The summed E-state index contributed by atoms with van der Waals surface area (Å²) in [5.41, 5.74) is -1.33. The van der Waals surface area contributed by atoms with Crippen molar-refractivity contribution in [1.82, 2.24) is 29.3 Å². The van der Waals surface area contributed by atoms with Crippen LogP contribution < -0.4 is 14.4 Å². The normalized spacial score (nSPS) is 17.4. The minimum absolute atomic E-state index is 0.00507. The van der Waals surface area contributed by atoms with Crippen LogP contribution in [-0.4, -0.2) is 67.0 Å². The Bertz CT molecular complexity index is 1370. The van der Waals surface area contributed by atoms with Gasteiger partial charge < -0.3 is 14.7 Å². The van der Waals surface area contributed by atoms with E-state index in [-0.39, 0.29) is 24.3 Å². The molecule has 1 unspecified atom stereocenters. The number of nitrogens with one attached hydrogen (secondary N) is 1. The average Bonchev–Trinajstić information content (AvgIpc) is 3.56. The average molecular weight is 582 g/mol. The summed E-state index contributed by atoms with van der Waals surface area (Å²) < 4.78 is 50.9. The van der Waals surface area contributed by atoms with Gasteiger partial charge in [0.1, 0.15) is 12.4 Å². The van der Waals surface area contributed by atoms with Gasteiger partial charge in [0.2, 0.25) is 5.88 Å². The van der Waals surface area contributed by atoms with Gasteiger partial charge in [-0.3, -0.25) is 14.2 Å². The second-order valence-corrected chi connectivity index (χ2v) is 12.1. The lowest BCUT2D eigenvalue weighted by Crippen LogP contribution is -2.40. The number of amides is 1. The summed E-state index contributed by atoms with van der Waals surface area (Å²) in [6.45, 7) is 7.93. The zero-order valence-electron chi connectivity index (χ0n) is 23.3. The summed E-state index contributed by atoms with van der Waals surface area (Å²) >= 11 is 1.16. The zero-order valence-corrected chi connectivity index (χ0v) is 24.1. The molecular formula is C26H34F3N7O3S. The van der Waals surface area contributed by atoms with Crippen molar-refractivity contribution >= 4 is 23.7 Å². The van der Waals surface area contributed by atoms with E-state index in [0.29, 0.717) is 30.2 Å². The van der Waals surface area contributed by atoms with Gasteiger partial charge in [0.05, 0.1) is 21.6 Å². The molecule has 1 aliphatic rings. The minimum atomic E-state index is -4.43. The summed E-state index contributed by atoms with van der Waals surface area (Å²) in [6.07, 6.45) is -0.375. The van der Waals surface area contributed by atoms with Crippen molar-refractivity contribution in [2.45, 2.75) is 57.7 Å². The van der Waals surface area contributed by atoms with Crippen LogP contribution in [0.1, 0.15) is 50.2 Å².